The molecule has 1 N–H and O–H groups in total. The lowest BCUT2D eigenvalue weighted by molar-refractivity contribution is 0.0696. The smallest absolute Gasteiger partial charge is 0.337 e. The Labute approximate surface area is 120 Å². The van der Waals surface area contributed by atoms with Crippen molar-refractivity contribution in [3.05, 3.63) is 47.7 Å². The third-order valence-corrected chi connectivity index (χ3v) is 3.32. The molecule has 0 aliphatic heterocycles. The van der Waals surface area contributed by atoms with Gasteiger partial charge in [-0.05, 0) is 30.7 Å². The lowest BCUT2D eigenvalue weighted by Gasteiger charge is -2.07. The van der Waals surface area contributed by atoms with Crippen LogP contribution in [-0.4, -0.2) is 32.8 Å². The maximum absolute atomic E-state index is 11.1. The highest BCUT2D eigenvalue weighted by Gasteiger charge is 2.12. The van der Waals surface area contributed by atoms with E-state index >= 15 is 0 Å². The Balaban J connectivity index is 2.20. The van der Waals surface area contributed by atoms with E-state index in [1.54, 1.807) is 17.6 Å². The van der Waals surface area contributed by atoms with Gasteiger partial charge in [-0.2, -0.15) is 0 Å². The summed E-state index contributed by atoms with van der Waals surface area (Å²) in [6.07, 6.45) is 1.51. The van der Waals surface area contributed by atoms with Gasteiger partial charge in [-0.15, -0.1) is 10.2 Å². The predicted octanol–water partition coefficient (Wildman–Crippen LogP) is 2.41. The summed E-state index contributed by atoms with van der Waals surface area (Å²) in [4.78, 5) is 11.1. The van der Waals surface area contributed by atoms with Crippen LogP contribution in [0.4, 0.5) is 0 Å². The molecule has 106 valence electrons. The second-order valence-electron chi connectivity index (χ2n) is 4.66. The SMILES string of the molecule is COc1cc(-c2nnc3ccc(C(=O)O)cn23)ccc1C. The van der Waals surface area contributed by atoms with Crippen molar-refractivity contribution in [1.82, 2.24) is 14.6 Å². The van der Waals surface area contributed by atoms with Crippen molar-refractivity contribution >= 4 is 11.6 Å². The van der Waals surface area contributed by atoms with Gasteiger partial charge in [0.15, 0.2) is 11.5 Å². The average molecular weight is 283 g/mol. The number of fused-ring (bicyclic) bond motifs is 1. The molecule has 3 rings (SSSR count). The van der Waals surface area contributed by atoms with Gasteiger partial charge in [0.1, 0.15) is 5.75 Å². The largest absolute Gasteiger partial charge is 0.496 e. The molecule has 2 aromatic heterocycles. The first kappa shape index (κ1) is 13.1. The molecule has 0 spiro atoms. The Morgan fingerprint density at radius 3 is 2.76 bits per heavy atom. The molecule has 0 radical (unpaired) electrons. The molecule has 0 aliphatic carbocycles. The number of nitrogens with zero attached hydrogens (tertiary/aromatic N) is 3. The summed E-state index contributed by atoms with van der Waals surface area (Å²) in [6, 6.07) is 8.83. The molecular formula is C15H13N3O3. The molecule has 6 heteroatoms. The van der Waals surface area contributed by atoms with Crippen molar-refractivity contribution in [2.45, 2.75) is 6.92 Å². The lowest BCUT2D eigenvalue weighted by Crippen LogP contribution is -1.99. The maximum Gasteiger partial charge on any atom is 0.337 e. The first-order chi connectivity index (χ1) is 10.1. The van der Waals surface area contributed by atoms with E-state index in [0.29, 0.717) is 11.5 Å². The minimum absolute atomic E-state index is 0.183. The molecule has 6 nitrogen and oxygen atoms in total. The van der Waals surface area contributed by atoms with E-state index in [9.17, 15) is 4.79 Å². The number of pyridine rings is 1. The van der Waals surface area contributed by atoms with E-state index in [1.807, 2.05) is 25.1 Å². The molecule has 0 saturated heterocycles. The third kappa shape index (κ3) is 2.20. The van der Waals surface area contributed by atoms with Gasteiger partial charge in [-0.1, -0.05) is 12.1 Å². The molecular weight excluding hydrogens is 270 g/mol. The standard InChI is InChI=1S/C15H13N3O3/c1-9-3-4-10(7-12(9)21-2)14-17-16-13-6-5-11(15(19)20)8-18(13)14/h3-8H,1-2H3,(H,19,20). The molecule has 3 aromatic rings. The zero-order valence-corrected chi connectivity index (χ0v) is 11.6. The first-order valence-electron chi connectivity index (χ1n) is 6.33. The molecule has 0 bridgehead atoms. The summed E-state index contributed by atoms with van der Waals surface area (Å²) < 4.78 is 6.97. The molecule has 0 aliphatic rings. The zero-order valence-electron chi connectivity index (χ0n) is 11.6. The van der Waals surface area contributed by atoms with Gasteiger partial charge in [-0.25, -0.2) is 4.79 Å². The van der Waals surface area contributed by atoms with E-state index in [4.69, 9.17) is 9.84 Å². The van der Waals surface area contributed by atoms with E-state index in [1.165, 1.54) is 12.3 Å². The topological polar surface area (TPSA) is 76.7 Å². The molecule has 2 heterocycles. The number of aromatic nitrogens is 3. The number of ether oxygens (including phenoxy) is 1. The van der Waals surface area contributed by atoms with Crippen LogP contribution in [0.1, 0.15) is 15.9 Å². The molecule has 21 heavy (non-hydrogen) atoms. The fourth-order valence-corrected chi connectivity index (χ4v) is 2.17. The van der Waals surface area contributed by atoms with Crippen LogP contribution >= 0.6 is 0 Å². The number of hydrogen-bond acceptors (Lipinski definition) is 4. The van der Waals surface area contributed by atoms with Gasteiger partial charge in [-0.3, -0.25) is 4.40 Å². The van der Waals surface area contributed by atoms with E-state index in [0.717, 1.165) is 16.9 Å². The van der Waals surface area contributed by atoms with Crippen molar-refractivity contribution < 1.29 is 14.6 Å². The molecule has 0 fully saturated rings. The number of hydrogen-bond donors (Lipinski definition) is 1. The quantitative estimate of drug-likeness (QED) is 0.798. The number of benzene rings is 1. The number of carboxylic acids is 1. The van der Waals surface area contributed by atoms with Crippen LogP contribution in [-0.2, 0) is 0 Å². The normalized spacial score (nSPS) is 10.8. The van der Waals surface area contributed by atoms with Crippen molar-refractivity contribution in [3.63, 3.8) is 0 Å². The maximum atomic E-state index is 11.1. The van der Waals surface area contributed by atoms with Gasteiger partial charge in [0.25, 0.3) is 0 Å². The van der Waals surface area contributed by atoms with Crippen LogP contribution in [0, 0.1) is 6.92 Å². The summed E-state index contributed by atoms with van der Waals surface area (Å²) in [5, 5.41) is 17.3. The van der Waals surface area contributed by atoms with E-state index in [-0.39, 0.29) is 5.56 Å². The monoisotopic (exact) mass is 283 g/mol. The Morgan fingerprint density at radius 1 is 1.24 bits per heavy atom. The van der Waals surface area contributed by atoms with Gasteiger partial charge in [0.05, 0.1) is 12.7 Å². The highest BCUT2D eigenvalue weighted by Crippen LogP contribution is 2.26. The summed E-state index contributed by atoms with van der Waals surface area (Å²) in [5.74, 6) is 0.336. The van der Waals surface area contributed by atoms with Crippen LogP contribution in [0.15, 0.2) is 36.5 Å². The second-order valence-corrected chi connectivity index (χ2v) is 4.66. The molecule has 1 aromatic carbocycles. The van der Waals surface area contributed by atoms with Gasteiger partial charge < -0.3 is 9.84 Å². The lowest BCUT2D eigenvalue weighted by atomic mass is 10.1. The summed E-state index contributed by atoms with van der Waals surface area (Å²) >= 11 is 0. The van der Waals surface area contributed by atoms with E-state index < -0.39 is 5.97 Å². The van der Waals surface area contributed by atoms with E-state index in [2.05, 4.69) is 10.2 Å². The van der Waals surface area contributed by atoms with Crippen molar-refractivity contribution in [3.8, 4) is 17.1 Å². The summed E-state index contributed by atoms with van der Waals surface area (Å²) in [6.45, 7) is 1.95. The number of aromatic carboxylic acids is 1. The molecule has 0 atom stereocenters. The Kier molecular flexibility index (Phi) is 3.06. The van der Waals surface area contributed by atoms with Gasteiger partial charge in [0.2, 0.25) is 0 Å². The van der Waals surface area contributed by atoms with Crippen molar-refractivity contribution in [1.29, 1.82) is 0 Å². The summed E-state index contributed by atoms with van der Waals surface area (Å²) in [7, 11) is 1.61. The minimum atomic E-state index is -0.988. The fourth-order valence-electron chi connectivity index (χ4n) is 2.17. The van der Waals surface area contributed by atoms with Crippen LogP contribution in [0.3, 0.4) is 0 Å². The average Bonchev–Trinajstić information content (AvgIpc) is 2.90. The van der Waals surface area contributed by atoms with Crippen LogP contribution in [0.25, 0.3) is 17.0 Å². The predicted molar refractivity (Wildman–Crippen MR) is 76.7 cm³/mol. The van der Waals surface area contributed by atoms with Crippen molar-refractivity contribution in [2.75, 3.05) is 7.11 Å². The highest BCUT2D eigenvalue weighted by molar-refractivity contribution is 5.87. The number of carboxylic acid groups (broad SMARTS) is 1. The first-order valence-corrected chi connectivity index (χ1v) is 6.33. The van der Waals surface area contributed by atoms with Crippen LogP contribution in [0.5, 0.6) is 5.75 Å². The zero-order chi connectivity index (χ0) is 15.0. The number of aryl methyl sites for hydroxylation is 1. The van der Waals surface area contributed by atoms with Crippen LogP contribution < -0.4 is 4.74 Å². The number of rotatable bonds is 3. The molecule has 0 amide bonds. The Morgan fingerprint density at radius 2 is 2.05 bits per heavy atom. The third-order valence-electron chi connectivity index (χ3n) is 3.32. The van der Waals surface area contributed by atoms with Crippen LogP contribution in [0.2, 0.25) is 0 Å². The molecule has 0 saturated carbocycles. The fraction of sp³-hybridized carbons (Fsp3) is 0.133. The second kappa shape index (κ2) is 4.90. The minimum Gasteiger partial charge on any atom is -0.496 e. The number of methoxy groups -OCH3 is 1. The highest BCUT2D eigenvalue weighted by atomic mass is 16.5. The Bertz CT molecular complexity index is 839. The molecule has 0 unspecified atom stereocenters. The number of carbonyl (C=O) groups is 1. The van der Waals surface area contributed by atoms with Crippen molar-refractivity contribution in [2.24, 2.45) is 0 Å². The Hall–Kier alpha value is -2.89. The van der Waals surface area contributed by atoms with Gasteiger partial charge >= 0.3 is 5.97 Å². The summed E-state index contributed by atoms with van der Waals surface area (Å²) in [5.41, 5.74) is 2.60. The van der Waals surface area contributed by atoms with Gasteiger partial charge in [0, 0.05) is 11.8 Å².